The average molecular weight is 284 g/mol. The first kappa shape index (κ1) is 13.3. The zero-order chi connectivity index (χ0) is 13.9. The van der Waals surface area contributed by atoms with Crippen LogP contribution in [0.5, 0.6) is 0 Å². The van der Waals surface area contributed by atoms with Gasteiger partial charge in [-0.2, -0.15) is 0 Å². The number of rotatable bonds is 4. The highest BCUT2D eigenvalue weighted by Crippen LogP contribution is 2.23. The summed E-state index contributed by atoms with van der Waals surface area (Å²) in [7, 11) is 0. The quantitative estimate of drug-likeness (QED) is 0.668. The summed E-state index contributed by atoms with van der Waals surface area (Å²) in [6.07, 6.45) is 3.36. The van der Waals surface area contributed by atoms with Gasteiger partial charge in [0, 0.05) is 21.6 Å². The molecule has 0 amide bonds. The molecule has 2 heteroatoms. The number of nitrogens with one attached hydrogen (secondary N) is 1. The van der Waals surface area contributed by atoms with E-state index in [9.17, 15) is 0 Å². The van der Waals surface area contributed by atoms with Gasteiger partial charge in [0.2, 0.25) is 0 Å². The molecule has 0 saturated carbocycles. The lowest BCUT2D eigenvalue weighted by molar-refractivity contribution is 0.820. The minimum absolute atomic E-state index is 0.807. The normalized spacial score (nSPS) is 11.1. The number of hydrogen-bond acceptors (Lipinski definition) is 0. The Labute approximate surface area is 124 Å². The van der Waals surface area contributed by atoms with E-state index in [0.717, 1.165) is 24.3 Å². The maximum atomic E-state index is 5.91. The van der Waals surface area contributed by atoms with Crippen LogP contribution >= 0.6 is 11.6 Å². The smallest absolute Gasteiger partial charge is 0.0458 e. The fraction of sp³-hybridized carbons (Fsp3) is 0.222. The van der Waals surface area contributed by atoms with Crippen LogP contribution in [0.25, 0.3) is 10.9 Å². The lowest BCUT2D eigenvalue weighted by Crippen LogP contribution is -1.91. The van der Waals surface area contributed by atoms with Gasteiger partial charge in [-0.3, -0.25) is 0 Å². The van der Waals surface area contributed by atoms with E-state index in [0.29, 0.717) is 0 Å². The third-order valence-corrected chi connectivity index (χ3v) is 4.08. The van der Waals surface area contributed by atoms with Gasteiger partial charge in [0.15, 0.2) is 0 Å². The van der Waals surface area contributed by atoms with Crippen molar-refractivity contribution in [3.63, 3.8) is 0 Å². The van der Waals surface area contributed by atoms with Gasteiger partial charge in [0.25, 0.3) is 0 Å². The van der Waals surface area contributed by atoms with Crippen LogP contribution in [0.2, 0.25) is 5.02 Å². The van der Waals surface area contributed by atoms with Crippen LogP contribution in [0.15, 0.2) is 48.5 Å². The summed E-state index contributed by atoms with van der Waals surface area (Å²) in [4.78, 5) is 3.47. The summed E-state index contributed by atoms with van der Waals surface area (Å²) in [5.41, 5.74) is 5.34. The molecule has 0 saturated heterocycles. The maximum absolute atomic E-state index is 5.91. The van der Waals surface area contributed by atoms with Crippen LogP contribution in [-0.4, -0.2) is 4.98 Å². The molecule has 20 heavy (non-hydrogen) atoms. The van der Waals surface area contributed by atoms with Gasteiger partial charge >= 0.3 is 0 Å². The summed E-state index contributed by atoms with van der Waals surface area (Å²) in [5.74, 6) is 0. The van der Waals surface area contributed by atoms with Crippen molar-refractivity contribution in [2.24, 2.45) is 0 Å². The highest BCUT2D eigenvalue weighted by atomic mass is 35.5. The van der Waals surface area contributed by atoms with E-state index in [1.54, 1.807) is 0 Å². The van der Waals surface area contributed by atoms with Crippen molar-refractivity contribution in [3.8, 4) is 0 Å². The predicted octanol–water partition coefficient (Wildman–Crippen LogP) is 5.31. The van der Waals surface area contributed by atoms with E-state index in [2.05, 4.69) is 48.3 Å². The largest absolute Gasteiger partial charge is 0.358 e. The second kappa shape index (κ2) is 5.72. The number of halogens is 1. The first-order valence-corrected chi connectivity index (χ1v) is 7.42. The first-order valence-electron chi connectivity index (χ1n) is 7.04. The van der Waals surface area contributed by atoms with Gasteiger partial charge in [-0.05, 0) is 55.5 Å². The maximum Gasteiger partial charge on any atom is 0.0458 e. The zero-order valence-corrected chi connectivity index (χ0v) is 12.4. The van der Waals surface area contributed by atoms with E-state index in [1.807, 2.05) is 12.1 Å². The SMILES string of the molecule is Cc1[nH]c2ccccc2c1CCCc1ccc(Cl)cc1. The summed E-state index contributed by atoms with van der Waals surface area (Å²) in [6.45, 7) is 2.16. The highest BCUT2D eigenvalue weighted by Gasteiger charge is 2.07. The van der Waals surface area contributed by atoms with Crippen molar-refractivity contribution in [3.05, 3.63) is 70.4 Å². The van der Waals surface area contributed by atoms with Crippen LogP contribution in [0.1, 0.15) is 23.2 Å². The molecule has 0 aliphatic carbocycles. The van der Waals surface area contributed by atoms with Crippen LogP contribution in [0.3, 0.4) is 0 Å². The van der Waals surface area contributed by atoms with E-state index < -0.39 is 0 Å². The molecular weight excluding hydrogens is 266 g/mol. The Morgan fingerprint density at radius 3 is 2.50 bits per heavy atom. The molecule has 102 valence electrons. The first-order chi connectivity index (χ1) is 9.74. The summed E-state index contributed by atoms with van der Waals surface area (Å²) < 4.78 is 0. The fourth-order valence-electron chi connectivity index (χ4n) is 2.78. The lowest BCUT2D eigenvalue weighted by atomic mass is 10.0. The van der Waals surface area contributed by atoms with E-state index >= 15 is 0 Å². The Kier molecular flexibility index (Phi) is 3.79. The van der Waals surface area contributed by atoms with Gasteiger partial charge in [-0.15, -0.1) is 0 Å². The Balaban J connectivity index is 1.71. The molecule has 3 aromatic rings. The van der Waals surface area contributed by atoms with Gasteiger partial charge in [-0.1, -0.05) is 41.9 Å². The van der Waals surface area contributed by atoms with Crippen molar-refractivity contribution < 1.29 is 0 Å². The van der Waals surface area contributed by atoms with Crippen LogP contribution in [-0.2, 0) is 12.8 Å². The van der Waals surface area contributed by atoms with E-state index in [-0.39, 0.29) is 0 Å². The fourth-order valence-corrected chi connectivity index (χ4v) is 2.90. The molecular formula is C18H18ClN. The minimum Gasteiger partial charge on any atom is -0.358 e. The van der Waals surface area contributed by atoms with Crippen LogP contribution < -0.4 is 0 Å². The van der Waals surface area contributed by atoms with Gasteiger partial charge in [-0.25, -0.2) is 0 Å². The van der Waals surface area contributed by atoms with Crippen LogP contribution in [0, 0.1) is 6.92 Å². The average Bonchev–Trinajstić information content (AvgIpc) is 2.77. The molecule has 0 atom stereocenters. The third-order valence-electron chi connectivity index (χ3n) is 3.83. The molecule has 1 heterocycles. The highest BCUT2D eigenvalue weighted by molar-refractivity contribution is 6.30. The van der Waals surface area contributed by atoms with E-state index in [1.165, 1.54) is 27.7 Å². The van der Waals surface area contributed by atoms with Gasteiger partial charge in [0.05, 0.1) is 0 Å². The standard InChI is InChI=1S/C18H18ClN/c1-13-16(17-6-2-3-8-18(17)20-13)7-4-5-14-9-11-15(19)12-10-14/h2-3,6,8-12,20H,4-5,7H2,1H3. The Bertz CT molecular complexity index is 710. The van der Waals surface area contributed by atoms with Crippen molar-refractivity contribution in [1.29, 1.82) is 0 Å². The second-order valence-corrected chi connectivity index (χ2v) is 5.69. The predicted molar refractivity (Wildman–Crippen MR) is 86.5 cm³/mol. The number of fused-ring (bicyclic) bond motifs is 1. The molecule has 1 aromatic heterocycles. The molecule has 0 aliphatic heterocycles. The number of aromatic nitrogens is 1. The monoisotopic (exact) mass is 283 g/mol. The zero-order valence-electron chi connectivity index (χ0n) is 11.6. The molecule has 0 spiro atoms. The molecule has 0 aliphatic rings. The minimum atomic E-state index is 0.807. The molecule has 2 aromatic carbocycles. The molecule has 0 bridgehead atoms. The van der Waals surface area contributed by atoms with Crippen molar-refractivity contribution in [2.75, 3.05) is 0 Å². The summed E-state index contributed by atoms with van der Waals surface area (Å²) in [6, 6.07) is 16.7. The number of aryl methyl sites for hydroxylation is 3. The molecule has 3 rings (SSSR count). The Morgan fingerprint density at radius 1 is 0.950 bits per heavy atom. The lowest BCUT2D eigenvalue weighted by Gasteiger charge is -2.03. The van der Waals surface area contributed by atoms with E-state index in [4.69, 9.17) is 11.6 Å². The molecule has 0 radical (unpaired) electrons. The number of para-hydroxylation sites is 1. The number of hydrogen-bond donors (Lipinski definition) is 1. The molecule has 0 fully saturated rings. The summed E-state index contributed by atoms with van der Waals surface area (Å²) in [5, 5.41) is 2.17. The topological polar surface area (TPSA) is 15.8 Å². The molecule has 0 unspecified atom stereocenters. The number of aromatic amines is 1. The molecule has 1 N–H and O–H groups in total. The Morgan fingerprint density at radius 2 is 1.70 bits per heavy atom. The molecule has 1 nitrogen and oxygen atoms in total. The van der Waals surface area contributed by atoms with Gasteiger partial charge in [0.1, 0.15) is 0 Å². The summed E-state index contributed by atoms with van der Waals surface area (Å²) >= 11 is 5.91. The van der Waals surface area contributed by atoms with Crippen molar-refractivity contribution in [1.82, 2.24) is 4.98 Å². The van der Waals surface area contributed by atoms with Crippen molar-refractivity contribution in [2.45, 2.75) is 26.2 Å². The van der Waals surface area contributed by atoms with Crippen LogP contribution in [0.4, 0.5) is 0 Å². The third kappa shape index (κ3) is 2.73. The number of H-pyrrole nitrogens is 1. The van der Waals surface area contributed by atoms with Gasteiger partial charge < -0.3 is 4.98 Å². The Hall–Kier alpha value is -1.73. The van der Waals surface area contributed by atoms with Crippen molar-refractivity contribution >= 4 is 22.5 Å². The second-order valence-electron chi connectivity index (χ2n) is 5.25. The number of benzene rings is 2.